The summed E-state index contributed by atoms with van der Waals surface area (Å²) in [4.78, 5) is 16.4. The van der Waals surface area contributed by atoms with Crippen LogP contribution in [0.15, 0.2) is 16.5 Å². The van der Waals surface area contributed by atoms with Crippen molar-refractivity contribution in [2.24, 2.45) is 5.73 Å². The number of carbonyl (C=O) groups excluding carboxylic acids is 1. The Hall–Kier alpha value is -1.33. The molecule has 0 aliphatic carbocycles. The number of aryl methyl sites for hydroxylation is 1. The monoisotopic (exact) mass is 265 g/mol. The van der Waals surface area contributed by atoms with E-state index >= 15 is 0 Å². The summed E-state index contributed by atoms with van der Waals surface area (Å²) in [6.07, 6.45) is 2.21. The van der Waals surface area contributed by atoms with Gasteiger partial charge in [0.15, 0.2) is 5.76 Å². The maximum absolute atomic E-state index is 12.2. The van der Waals surface area contributed by atoms with Crippen molar-refractivity contribution in [3.05, 3.63) is 23.7 Å². The van der Waals surface area contributed by atoms with Crippen molar-refractivity contribution in [3.8, 4) is 0 Å². The Morgan fingerprint density at radius 1 is 1.26 bits per heavy atom. The second kappa shape index (κ2) is 6.73. The molecule has 5 heteroatoms. The highest BCUT2D eigenvalue weighted by Crippen LogP contribution is 2.12. The van der Waals surface area contributed by atoms with Crippen LogP contribution in [0.3, 0.4) is 0 Å². The summed E-state index contributed by atoms with van der Waals surface area (Å²) in [5, 5.41) is 0. The van der Waals surface area contributed by atoms with Crippen LogP contribution in [-0.4, -0.2) is 55.0 Å². The number of nitrogens with zero attached hydrogens (tertiary/aromatic N) is 2. The van der Waals surface area contributed by atoms with E-state index in [1.54, 1.807) is 6.07 Å². The molecule has 106 valence electrons. The number of carbonyl (C=O) groups is 1. The van der Waals surface area contributed by atoms with Crippen molar-refractivity contribution >= 4 is 5.91 Å². The van der Waals surface area contributed by atoms with Gasteiger partial charge in [-0.05, 0) is 45.0 Å². The number of unbranched alkanes of at least 4 members (excludes halogenated alkanes) is 1. The first-order chi connectivity index (χ1) is 9.20. The molecule has 0 saturated carbocycles. The molecule has 1 aromatic heterocycles. The Morgan fingerprint density at radius 3 is 2.58 bits per heavy atom. The van der Waals surface area contributed by atoms with Crippen LogP contribution in [-0.2, 0) is 0 Å². The van der Waals surface area contributed by atoms with Gasteiger partial charge in [0, 0.05) is 26.2 Å². The minimum Gasteiger partial charge on any atom is -0.456 e. The molecule has 1 fully saturated rings. The van der Waals surface area contributed by atoms with Crippen LogP contribution in [0.5, 0.6) is 0 Å². The van der Waals surface area contributed by atoms with Gasteiger partial charge in [-0.25, -0.2) is 0 Å². The summed E-state index contributed by atoms with van der Waals surface area (Å²) in [7, 11) is 0. The standard InChI is InChI=1S/C14H23N3O2/c1-12-4-5-13(19-12)14(18)17-10-8-16(9-11-17)7-3-2-6-15/h4-5H,2-3,6-11,15H2,1H3. The zero-order valence-electron chi connectivity index (χ0n) is 11.6. The van der Waals surface area contributed by atoms with E-state index in [9.17, 15) is 4.79 Å². The SMILES string of the molecule is Cc1ccc(C(=O)N2CCN(CCCCN)CC2)o1. The van der Waals surface area contributed by atoms with Crippen molar-refractivity contribution in [2.45, 2.75) is 19.8 Å². The van der Waals surface area contributed by atoms with Crippen LogP contribution in [0.2, 0.25) is 0 Å². The fourth-order valence-corrected chi connectivity index (χ4v) is 2.36. The average Bonchev–Trinajstić information content (AvgIpc) is 2.86. The zero-order valence-corrected chi connectivity index (χ0v) is 11.6. The summed E-state index contributed by atoms with van der Waals surface area (Å²) in [5.74, 6) is 1.24. The first kappa shape index (κ1) is 14.1. The fraction of sp³-hybridized carbons (Fsp3) is 0.643. The average molecular weight is 265 g/mol. The van der Waals surface area contributed by atoms with Gasteiger partial charge < -0.3 is 15.1 Å². The number of rotatable bonds is 5. The van der Waals surface area contributed by atoms with E-state index in [4.69, 9.17) is 10.2 Å². The summed E-state index contributed by atoms with van der Waals surface area (Å²) in [6.45, 7) is 7.13. The Kier molecular flexibility index (Phi) is 4.99. The summed E-state index contributed by atoms with van der Waals surface area (Å²) >= 11 is 0. The zero-order chi connectivity index (χ0) is 13.7. The smallest absolute Gasteiger partial charge is 0.289 e. The molecule has 2 heterocycles. The molecule has 0 bridgehead atoms. The van der Waals surface area contributed by atoms with Crippen LogP contribution < -0.4 is 5.73 Å². The summed E-state index contributed by atoms with van der Waals surface area (Å²) < 4.78 is 5.39. The lowest BCUT2D eigenvalue weighted by atomic mass is 10.2. The van der Waals surface area contributed by atoms with Crippen molar-refractivity contribution in [2.75, 3.05) is 39.3 Å². The number of amides is 1. The molecule has 1 aliphatic rings. The number of nitrogens with two attached hydrogens (primary N) is 1. The number of piperazine rings is 1. The van der Waals surface area contributed by atoms with E-state index in [0.717, 1.165) is 57.9 Å². The molecular formula is C14H23N3O2. The molecule has 1 aliphatic heterocycles. The quantitative estimate of drug-likeness (QED) is 0.809. The van der Waals surface area contributed by atoms with E-state index in [-0.39, 0.29) is 5.91 Å². The predicted molar refractivity (Wildman–Crippen MR) is 74.1 cm³/mol. The maximum atomic E-state index is 12.2. The molecule has 0 atom stereocenters. The van der Waals surface area contributed by atoms with Crippen molar-refractivity contribution in [1.82, 2.24) is 9.80 Å². The van der Waals surface area contributed by atoms with Gasteiger partial charge in [0.25, 0.3) is 5.91 Å². The molecular weight excluding hydrogens is 242 g/mol. The van der Waals surface area contributed by atoms with Crippen LogP contribution in [0, 0.1) is 6.92 Å². The Balaban J connectivity index is 1.78. The molecule has 1 aromatic rings. The van der Waals surface area contributed by atoms with Crippen LogP contribution >= 0.6 is 0 Å². The van der Waals surface area contributed by atoms with E-state index < -0.39 is 0 Å². The molecule has 0 spiro atoms. The Morgan fingerprint density at radius 2 is 2.00 bits per heavy atom. The van der Waals surface area contributed by atoms with Crippen LogP contribution in [0.25, 0.3) is 0 Å². The fourth-order valence-electron chi connectivity index (χ4n) is 2.36. The highest BCUT2D eigenvalue weighted by Gasteiger charge is 2.23. The largest absolute Gasteiger partial charge is 0.456 e. The highest BCUT2D eigenvalue weighted by molar-refractivity contribution is 5.91. The second-order valence-electron chi connectivity index (χ2n) is 5.04. The van der Waals surface area contributed by atoms with Gasteiger partial charge in [0.2, 0.25) is 0 Å². The number of hydrogen-bond donors (Lipinski definition) is 1. The lowest BCUT2D eigenvalue weighted by Gasteiger charge is -2.34. The van der Waals surface area contributed by atoms with E-state index in [2.05, 4.69) is 4.90 Å². The molecule has 5 nitrogen and oxygen atoms in total. The molecule has 2 N–H and O–H groups in total. The first-order valence-corrected chi connectivity index (χ1v) is 6.99. The van der Waals surface area contributed by atoms with Gasteiger partial charge >= 0.3 is 0 Å². The molecule has 0 aromatic carbocycles. The van der Waals surface area contributed by atoms with E-state index in [1.165, 1.54) is 0 Å². The molecule has 1 saturated heterocycles. The number of hydrogen-bond acceptors (Lipinski definition) is 4. The van der Waals surface area contributed by atoms with Crippen LogP contribution in [0.4, 0.5) is 0 Å². The van der Waals surface area contributed by atoms with Crippen LogP contribution in [0.1, 0.15) is 29.2 Å². The molecule has 19 heavy (non-hydrogen) atoms. The molecule has 0 radical (unpaired) electrons. The lowest BCUT2D eigenvalue weighted by molar-refractivity contribution is 0.0603. The van der Waals surface area contributed by atoms with Crippen molar-refractivity contribution in [3.63, 3.8) is 0 Å². The second-order valence-corrected chi connectivity index (χ2v) is 5.04. The lowest BCUT2D eigenvalue weighted by Crippen LogP contribution is -2.48. The highest BCUT2D eigenvalue weighted by atomic mass is 16.3. The molecule has 0 unspecified atom stereocenters. The minimum atomic E-state index is 0.00899. The van der Waals surface area contributed by atoms with Crippen molar-refractivity contribution in [1.29, 1.82) is 0 Å². The van der Waals surface area contributed by atoms with Gasteiger partial charge in [0.1, 0.15) is 5.76 Å². The van der Waals surface area contributed by atoms with E-state index in [0.29, 0.717) is 5.76 Å². The minimum absolute atomic E-state index is 0.00899. The third-order valence-electron chi connectivity index (χ3n) is 3.54. The maximum Gasteiger partial charge on any atom is 0.289 e. The summed E-state index contributed by atoms with van der Waals surface area (Å²) in [6, 6.07) is 3.58. The predicted octanol–water partition coefficient (Wildman–Crippen LogP) is 1.08. The topological polar surface area (TPSA) is 62.7 Å². The van der Waals surface area contributed by atoms with E-state index in [1.807, 2.05) is 17.9 Å². The normalized spacial score (nSPS) is 16.8. The third-order valence-corrected chi connectivity index (χ3v) is 3.54. The van der Waals surface area contributed by atoms with Gasteiger partial charge in [-0.2, -0.15) is 0 Å². The first-order valence-electron chi connectivity index (χ1n) is 6.99. The number of furan rings is 1. The summed E-state index contributed by atoms with van der Waals surface area (Å²) in [5.41, 5.74) is 5.49. The van der Waals surface area contributed by atoms with Gasteiger partial charge in [-0.1, -0.05) is 0 Å². The molecule has 1 amide bonds. The Bertz CT molecular complexity index is 409. The molecule has 2 rings (SSSR count). The van der Waals surface area contributed by atoms with Gasteiger partial charge in [0.05, 0.1) is 0 Å². The Labute approximate surface area is 114 Å². The van der Waals surface area contributed by atoms with Gasteiger partial charge in [-0.3, -0.25) is 9.69 Å². The third kappa shape index (κ3) is 3.81. The van der Waals surface area contributed by atoms with Gasteiger partial charge in [-0.15, -0.1) is 0 Å². The van der Waals surface area contributed by atoms with Crippen molar-refractivity contribution < 1.29 is 9.21 Å².